The molecule has 0 aliphatic heterocycles. The van der Waals surface area contributed by atoms with Crippen LogP contribution in [-0.2, 0) is 9.63 Å². The Morgan fingerprint density at radius 3 is 1.12 bits per heavy atom. The van der Waals surface area contributed by atoms with E-state index in [9.17, 15) is 65.5 Å². The molecule has 1 atom stereocenters. The first-order valence-corrected chi connectivity index (χ1v) is 9.77. The SMILES string of the molecule is NOCC[C@H](N)C(=O)O.O=[N+]([O-])c1cc([N+](=O)[O-])c(O)c([N+](=O)[O-])c1.O=[N+]([O-])c1cc([N+](=O)[O-])c(O)c([N+](=O)[O-])c1. The second-order valence-electron chi connectivity index (χ2n) is 6.81. The number of carboxylic acids is 1. The lowest BCUT2D eigenvalue weighted by atomic mass is 10.2. The van der Waals surface area contributed by atoms with Crippen molar-refractivity contribution in [2.45, 2.75) is 12.5 Å². The summed E-state index contributed by atoms with van der Waals surface area (Å²) in [6, 6.07) is 0.920. The van der Waals surface area contributed by atoms with Crippen molar-refractivity contribution in [3.63, 3.8) is 0 Å². The second kappa shape index (κ2) is 15.3. The van der Waals surface area contributed by atoms with Crippen molar-refractivity contribution < 1.29 is 54.5 Å². The lowest BCUT2D eigenvalue weighted by molar-refractivity contribution is -0.404. The van der Waals surface area contributed by atoms with Gasteiger partial charge in [0.05, 0.1) is 60.4 Å². The molecule has 7 N–H and O–H groups in total. The van der Waals surface area contributed by atoms with E-state index >= 15 is 0 Å². The lowest BCUT2D eigenvalue weighted by Gasteiger charge is -2.02. The minimum atomic E-state index is -1.21. The highest BCUT2D eigenvalue weighted by Gasteiger charge is 2.31. The summed E-state index contributed by atoms with van der Waals surface area (Å²) in [4.78, 5) is 69.6. The Bertz CT molecular complexity index is 1220. The van der Waals surface area contributed by atoms with Crippen LogP contribution in [0.3, 0.4) is 0 Å². The predicted octanol–water partition coefficient (Wildman–Crippen LogP) is 0.912. The van der Waals surface area contributed by atoms with Crippen molar-refractivity contribution in [2.75, 3.05) is 6.61 Å². The fourth-order valence-corrected chi connectivity index (χ4v) is 2.27. The summed E-state index contributed by atoms with van der Waals surface area (Å²) in [7, 11) is 0. The number of aliphatic carboxylic acids is 1. The quantitative estimate of drug-likeness (QED) is 0.189. The van der Waals surface area contributed by atoms with Gasteiger partial charge in [0.2, 0.25) is 0 Å². The van der Waals surface area contributed by atoms with Gasteiger partial charge in [-0.3, -0.25) is 65.5 Å². The molecule has 2 aromatic carbocycles. The van der Waals surface area contributed by atoms with Crippen molar-refractivity contribution in [1.29, 1.82) is 0 Å². The third-order valence-corrected chi connectivity index (χ3v) is 4.18. The zero-order valence-corrected chi connectivity index (χ0v) is 19.7. The van der Waals surface area contributed by atoms with Gasteiger partial charge in [-0.05, 0) is 6.42 Å². The second-order valence-corrected chi connectivity index (χ2v) is 6.81. The zero-order chi connectivity index (χ0) is 32.2. The first kappa shape index (κ1) is 34.8. The summed E-state index contributed by atoms with van der Waals surface area (Å²) < 4.78 is 0. The highest BCUT2D eigenvalue weighted by molar-refractivity contribution is 5.73. The van der Waals surface area contributed by atoms with Gasteiger partial charge >= 0.3 is 28.7 Å². The third kappa shape index (κ3) is 10.2. The molecule has 41 heavy (non-hydrogen) atoms. The summed E-state index contributed by atoms with van der Waals surface area (Å²) in [5, 5.41) is 88.6. The van der Waals surface area contributed by atoms with Gasteiger partial charge in [-0.15, -0.1) is 0 Å². The molecule has 25 heteroatoms. The first-order chi connectivity index (χ1) is 18.9. The van der Waals surface area contributed by atoms with Gasteiger partial charge in [0, 0.05) is 0 Å². The Hall–Kier alpha value is -6.21. The highest BCUT2D eigenvalue weighted by atomic mass is 16.7. The van der Waals surface area contributed by atoms with Crippen LogP contribution in [0.1, 0.15) is 6.42 Å². The van der Waals surface area contributed by atoms with Crippen LogP contribution in [-0.4, -0.2) is 63.5 Å². The number of carboxylic acid groups (broad SMARTS) is 1. The van der Waals surface area contributed by atoms with Crippen LogP contribution in [0, 0.1) is 60.7 Å². The van der Waals surface area contributed by atoms with E-state index in [1.807, 2.05) is 0 Å². The molecular weight excluding hydrogens is 576 g/mol. The first-order valence-electron chi connectivity index (χ1n) is 9.77. The summed E-state index contributed by atoms with van der Waals surface area (Å²) in [5.41, 5.74) is -0.936. The van der Waals surface area contributed by atoms with Crippen LogP contribution in [0.4, 0.5) is 34.1 Å². The maximum absolute atomic E-state index is 10.4. The molecular formula is C16H16N8O17. The van der Waals surface area contributed by atoms with Gasteiger partial charge in [0.25, 0.3) is 22.9 Å². The number of carbonyl (C=O) groups is 1. The van der Waals surface area contributed by atoms with Gasteiger partial charge in [-0.25, -0.2) is 5.90 Å². The summed E-state index contributed by atoms with van der Waals surface area (Å²) in [5.74, 6) is 1.18. The summed E-state index contributed by atoms with van der Waals surface area (Å²) >= 11 is 0. The molecule has 0 aromatic heterocycles. The van der Waals surface area contributed by atoms with Gasteiger partial charge in [-0.2, -0.15) is 0 Å². The summed E-state index contributed by atoms with van der Waals surface area (Å²) in [6.07, 6.45) is 0.242. The Kier molecular flexibility index (Phi) is 13.0. The van der Waals surface area contributed by atoms with Crippen molar-refractivity contribution in [3.05, 3.63) is 85.0 Å². The number of phenolic OH excluding ortho intramolecular Hbond substituents is 2. The van der Waals surface area contributed by atoms with Crippen LogP contribution in [0.15, 0.2) is 24.3 Å². The smallest absolute Gasteiger partial charge is 0.324 e. The van der Waals surface area contributed by atoms with E-state index in [2.05, 4.69) is 10.7 Å². The number of rotatable bonds is 10. The normalized spacial score (nSPS) is 10.5. The minimum Gasteiger partial charge on any atom is -0.497 e. The number of nitro groups is 6. The van der Waals surface area contributed by atoms with E-state index in [1.165, 1.54) is 0 Å². The van der Waals surface area contributed by atoms with E-state index in [0.717, 1.165) is 0 Å². The number of nitrogens with zero attached hydrogens (tertiary/aromatic N) is 6. The molecule has 0 radical (unpaired) electrons. The van der Waals surface area contributed by atoms with Crippen molar-refractivity contribution >= 4 is 40.1 Å². The third-order valence-electron chi connectivity index (χ3n) is 4.18. The maximum atomic E-state index is 10.4. The van der Waals surface area contributed by atoms with Crippen LogP contribution < -0.4 is 11.6 Å². The monoisotopic (exact) mass is 592 g/mol. The molecule has 2 aromatic rings. The van der Waals surface area contributed by atoms with Crippen molar-refractivity contribution in [3.8, 4) is 11.5 Å². The molecule has 0 aliphatic carbocycles. The number of nitro benzene ring substituents is 6. The van der Waals surface area contributed by atoms with Crippen molar-refractivity contribution in [1.82, 2.24) is 0 Å². The number of hydrogen-bond acceptors (Lipinski definition) is 18. The molecule has 0 aliphatic rings. The molecule has 2 rings (SSSR count). The number of hydrogen-bond donors (Lipinski definition) is 5. The number of aromatic hydroxyl groups is 2. The number of nitrogens with two attached hydrogens (primary N) is 2. The molecule has 0 fully saturated rings. The standard InChI is InChI=1S/2C6H3N3O7.C4H10N2O3/c2*10-6-4(8(13)14)1-3(7(11)12)2-5(6)9(15)16;5-3(4(7)8)1-2-9-6/h2*1-2,10H;3H,1-2,5-6H2,(H,7,8)/t;;3-/m..0/s1. The Balaban J connectivity index is 0.000000612. The Morgan fingerprint density at radius 2 is 0.951 bits per heavy atom. The molecule has 0 bridgehead atoms. The van der Waals surface area contributed by atoms with Gasteiger partial charge in [0.1, 0.15) is 6.04 Å². The molecule has 0 heterocycles. The minimum absolute atomic E-state index is 0.174. The van der Waals surface area contributed by atoms with Crippen LogP contribution in [0.5, 0.6) is 11.5 Å². The predicted molar refractivity (Wildman–Crippen MR) is 127 cm³/mol. The molecule has 222 valence electrons. The molecule has 0 spiro atoms. The van der Waals surface area contributed by atoms with E-state index < -0.39 is 87.2 Å². The zero-order valence-electron chi connectivity index (χ0n) is 19.7. The largest absolute Gasteiger partial charge is 0.497 e. The number of non-ortho nitro benzene ring substituents is 2. The fourth-order valence-electron chi connectivity index (χ4n) is 2.27. The van der Waals surface area contributed by atoms with E-state index in [4.69, 9.17) is 21.1 Å². The Morgan fingerprint density at radius 1 is 0.683 bits per heavy atom. The van der Waals surface area contributed by atoms with E-state index in [1.54, 1.807) is 0 Å². The topological polar surface area (TPSA) is 398 Å². The van der Waals surface area contributed by atoms with Crippen molar-refractivity contribution in [2.24, 2.45) is 11.6 Å². The molecule has 25 nitrogen and oxygen atoms in total. The van der Waals surface area contributed by atoms with E-state index in [-0.39, 0.29) is 13.0 Å². The van der Waals surface area contributed by atoms with Crippen LogP contribution >= 0.6 is 0 Å². The lowest BCUT2D eigenvalue weighted by Crippen LogP contribution is -2.31. The number of benzene rings is 2. The average molecular weight is 592 g/mol. The molecule has 0 amide bonds. The Labute approximate surface area is 222 Å². The van der Waals surface area contributed by atoms with E-state index in [0.29, 0.717) is 24.3 Å². The van der Waals surface area contributed by atoms with Crippen LogP contribution in [0.25, 0.3) is 0 Å². The van der Waals surface area contributed by atoms with Gasteiger partial charge in [-0.1, -0.05) is 0 Å². The van der Waals surface area contributed by atoms with Crippen LogP contribution in [0.2, 0.25) is 0 Å². The molecule has 0 saturated heterocycles. The summed E-state index contributed by atoms with van der Waals surface area (Å²) in [6.45, 7) is 0.174. The highest BCUT2D eigenvalue weighted by Crippen LogP contribution is 2.40. The molecule has 0 unspecified atom stereocenters. The van der Waals surface area contributed by atoms with Gasteiger partial charge < -0.3 is 25.9 Å². The average Bonchev–Trinajstić information content (AvgIpc) is 2.87. The fraction of sp³-hybridized carbons (Fsp3) is 0.188. The molecule has 0 saturated carbocycles. The number of phenols is 2. The maximum Gasteiger partial charge on any atom is 0.324 e. The van der Waals surface area contributed by atoms with Gasteiger partial charge in [0.15, 0.2) is 0 Å².